The van der Waals surface area contributed by atoms with E-state index in [4.69, 9.17) is 32.0 Å². The van der Waals surface area contributed by atoms with E-state index in [1.807, 2.05) is 0 Å². The Morgan fingerprint density at radius 3 is 2.24 bits per heavy atom. The van der Waals surface area contributed by atoms with Gasteiger partial charge in [-0.15, -0.1) is 0 Å². The number of nitrogens with one attached hydrogen (secondary N) is 1. The van der Waals surface area contributed by atoms with Crippen LogP contribution in [0.4, 0.5) is 5.69 Å². The summed E-state index contributed by atoms with van der Waals surface area (Å²) in [7, 11) is 0. The van der Waals surface area contributed by atoms with Crippen LogP contribution in [0.1, 0.15) is 21.9 Å². The van der Waals surface area contributed by atoms with Gasteiger partial charge in [0.25, 0.3) is 0 Å². The Morgan fingerprint density at radius 1 is 0.818 bits per heavy atom. The number of ketones is 1. The molecule has 5 nitrogen and oxygen atoms in total. The molecule has 0 saturated carbocycles. The van der Waals surface area contributed by atoms with E-state index in [2.05, 4.69) is 5.32 Å². The van der Waals surface area contributed by atoms with Crippen molar-refractivity contribution >= 4 is 52.7 Å². The number of benzene rings is 2. The normalized spacial score (nSPS) is 11.3. The first-order chi connectivity index (χ1) is 16.0. The minimum absolute atomic E-state index is 0.200. The highest BCUT2D eigenvalue weighted by atomic mass is 35.5. The molecule has 0 saturated heterocycles. The van der Waals surface area contributed by atoms with Gasteiger partial charge in [-0.3, -0.25) is 9.59 Å². The summed E-state index contributed by atoms with van der Waals surface area (Å²) < 4.78 is 10.9. The van der Waals surface area contributed by atoms with Crippen molar-refractivity contribution in [2.45, 2.75) is 0 Å². The third kappa shape index (κ3) is 6.13. The highest BCUT2D eigenvalue weighted by Gasteiger charge is 2.07. The molecule has 2 aromatic carbocycles. The van der Waals surface area contributed by atoms with Crippen LogP contribution in [0, 0.1) is 0 Å². The highest BCUT2D eigenvalue weighted by Crippen LogP contribution is 2.29. The second-order valence-electron chi connectivity index (χ2n) is 6.97. The molecule has 0 bridgehead atoms. The molecule has 0 aliphatic heterocycles. The Balaban J connectivity index is 1.36. The van der Waals surface area contributed by atoms with E-state index < -0.39 is 0 Å². The highest BCUT2D eigenvalue weighted by molar-refractivity contribution is 6.35. The minimum atomic E-state index is -0.306. The van der Waals surface area contributed by atoms with Crippen LogP contribution < -0.4 is 5.32 Å². The van der Waals surface area contributed by atoms with Crippen LogP contribution in [0.3, 0.4) is 0 Å². The summed E-state index contributed by atoms with van der Waals surface area (Å²) >= 11 is 12.1. The maximum atomic E-state index is 12.5. The van der Waals surface area contributed by atoms with Crippen LogP contribution in [0.15, 0.2) is 94.0 Å². The van der Waals surface area contributed by atoms with Crippen LogP contribution in [0.5, 0.6) is 0 Å². The van der Waals surface area contributed by atoms with Gasteiger partial charge >= 0.3 is 0 Å². The lowest BCUT2D eigenvalue weighted by atomic mass is 10.1. The number of furan rings is 2. The second kappa shape index (κ2) is 10.2. The summed E-state index contributed by atoms with van der Waals surface area (Å²) in [5.74, 6) is 1.18. The van der Waals surface area contributed by atoms with Crippen LogP contribution in [0.2, 0.25) is 10.0 Å². The molecular formula is C26H17Cl2NO4. The van der Waals surface area contributed by atoms with Crippen LogP contribution in [0.25, 0.3) is 23.5 Å². The van der Waals surface area contributed by atoms with Crippen LogP contribution in [-0.4, -0.2) is 11.7 Å². The van der Waals surface area contributed by atoms with Gasteiger partial charge in [0.05, 0.1) is 6.26 Å². The van der Waals surface area contributed by atoms with Crippen LogP contribution >= 0.6 is 23.2 Å². The molecule has 4 aromatic rings. The predicted octanol–water partition coefficient (Wildman–Crippen LogP) is 7.39. The SMILES string of the molecule is O=C(/C=C/c1ccco1)Nc1ccc(C(=O)/C=C/c2ccc(-c3cc(Cl)cc(Cl)c3)o2)cc1. The van der Waals surface area contributed by atoms with E-state index in [-0.39, 0.29) is 11.7 Å². The molecule has 1 N–H and O–H groups in total. The molecule has 0 spiro atoms. The quantitative estimate of drug-likeness (QED) is 0.222. The van der Waals surface area contributed by atoms with Gasteiger partial charge in [0.15, 0.2) is 5.78 Å². The summed E-state index contributed by atoms with van der Waals surface area (Å²) in [6.45, 7) is 0. The number of amides is 1. The number of allylic oxidation sites excluding steroid dienone is 1. The molecule has 33 heavy (non-hydrogen) atoms. The summed E-state index contributed by atoms with van der Waals surface area (Å²) in [5.41, 5.74) is 1.79. The molecule has 7 heteroatoms. The van der Waals surface area contributed by atoms with E-state index in [0.717, 1.165) is 5.56 Å². The van der Waals surface area contributed by atoms with Gasteiger partial charge in [0.1, 0.15) is 17.3 Å². The van der Waals surface area contributed by atoms with Gasteiger partial charge in [-0.1, -0.05) is 23.2 Å². The van der Waals surface area contributed by atoms with E-state index in [1.54, 1.807) is 78.9 Å². The average Bonchev–Trinajstić information content (AvgIpc) is 3.48. The molecule has 4 rings (SSSR count). The van der Waals surface area contributed by atoms with Crippen molar-refractivity contribution in [2.24, 2.45) is 0 Å². The Bertz CT molecular complexity index is 1310. The van der Waals surface area contributed by atoms with E-state index in [0.29, 0.717) is 38.6 Å². The smallest absolute Gasteiger partial charge is 0.248 e. The fourth-order valence-electron chi connectivity index (χ4n) is 2.99. The lowest BCUT2D eigenvalue weighted by Crippen LogP contribution is -2.07. The number of halogens is 2. The largest absolute Gasteiger partial charge is 0.465 e. The summed E-state index contributed by atoms with van der Waals surface area (Å²) in [4.78, 5) is 24.5. The number of anilines is 1. The zero-order chi connectivity index (χ0) is 23.2. The Hall–Kier alpha value is -3.80. The standard InChI is InChI=1S/C26H17Cl2NO4/c27-19-14-18(15-20(28)16-19)25-11-8-23(33-25)7-10-24(30)17-3-5-21(6-4-17)29-26(31)12-9-22-2-1-13-32-22/h1-16H,(H,29,31)/b10-7+,12-9+. The molecule has 164 valence electrons. The number of carbonyl (C=O) groups excluding carboxylic acids is 2. The van der Waals surface area contributed by atoms with Crippen molar-refractivity contribution in [3.8, 4) is 11.3 Å². The molecule has 2 aromatic heterocycles. The monoisotopic (exact) mass is 477 g/mol. The van der Waals surface area contributed by atoms with Gasteiger partial charge in [0, 0.05) is 32.9 Å². The molecule has 0 atom stereocenters. The Morgan fingerprint density at radius 2 is 1.55 bits per heavy atom. The van der Waals surface area contributed by atoms with Crippen molar-refractivity contribution in [3.63, 3.8) is 0 Å². The fraction of sp³-hybridized carbons (Fsp3) is 0. The third-order valence-electron chi connectivity index (χ3n) is 4.55. The lowest BCUT2D eigenvalue weighted by Gasteiger charge is -2.03. The van der Waals surface area contributed by atoms with Crippen molar-refractivity contribution in [1.29, 1.82) is 0 Å². The molecule has 0 radical (unpaired) electrons. The Labute approximate surface area is 199 Å². The van der Waals surface area contributed by atoms with Crippen molar-refractivity contribution in [3.05, 3.63) is 112 Å². The molecular weight excluding hydrogens is 461 g/mol. The number of rotatable bonds is 7. The molecule has 0 fully saturated rings. The minimum Gasteiger partial charge on any atom is -0.465 e. The van der Waals surface area contributed by atoms with E-state index in [9.17, 15) is 9.59 Å². The van der Waals surface area contributed by atoms with Gasteiger partial charge in [-0.25, -0.2) is 0 Å². The maximum absolute atomic E-state index is 12.5. The second-order valence-corrected chi connectivity index (χ2v) is 7.85. The van der Waals surface area contributed by atoms with Gasteiger partial charge in [-0.05, 0) is 85.0 Å². The van der Waals surface area contributed by atoms with E-state index >= 15 is 0 Å². The first-order valence-electron chi connectivity index (χ1n) is 9.88. The van der Waals surface area contributed by atoms with Crippen molar-refractivity contribution in [2.75, 3.05) is 5.32 Å². The summed E-state index contributed by atoms with van der Waals surface area (Å²) in [6, 6.07) is 18.8. The molecule has 2 heterocycles. The fourth-order valence-corrected chi connectivity index (χ4v) is 3.52. The first-order valence-corrected chi connectivity index (χ1v) is 10.6. The molecule has 0 aliphatic rings. The Kier molecular flexibility index (Phi) is 6.93. The maximum Gasteiger partial charge on any atom is 0.248 e. The molecule has 1 amide bonds. The summed E-state index contributed by atoms with van der Waals surface area (Å²) in [5, 5.41) is 3.74. The number of carbonyl (C=O) groups is 2. The van der Waals surface area contributed by atoms with E-state index in [1.165, 1.54) is 18.4 Å². The zero-order valence-electron chi connectivity index (χ0n) is 17.1. The van der Waals surface area contributed by atoms with Crippen molar-refractivity contribution < 1.29 is 18.4 Å². The van der Waals surface area contributed by atoms with Crippen LogP contribution in [-0.2, 0) is 4.79 Å². The van der Waals surface area contributed by atoms with Gasteiger partial charge in [-0.2, -0.15) is 0 Å². The first kappa shape index (κ1) is 22.4. The molecule has 0 unspecified atom stereocenters. The predicted molar refractivity (Wildman–Crippen MR) is 130 cm³/mol. The van der Waals surface area contributed by atoms with Gasteiger partial charge in [0.2, 0.25) is 5.91 Å². The average molecular weight is 478 g/mol. The number of hydrogen-bond acceptors (Lipinski definition) is 4. The summed E-state index contributed by atoms with van der Waals surface area (Å²) in [6.07, 6.45) is 7.48. The van der Waals surface area contributed by atoms with Gasteiger partial charge < -0.3 is 14.2 Å². The zero-order valence-corrected chi connectivity index (χ0v) is 18.6. The number of hydrogen-bond donors (Lipinski definition) is 1. The van der Waals surface area contributed by atoms with Crippen molar-refractivity contribution in [1.82, 2.24) is 0 Å². The topological polar surface area (TPSA) is 72.5 Å². The lowest BCUT2D eigenvalue weighted by molar-refractivity contribution is -0.111. The molecule has 0 aliphatic carbocycles. The third-order valence-corrected chi connectivity index (χ3v) is 4.99.